The quantitative estimate of drug-likeness (QED) is 0.345. The zero-order valence-electron chi connectivity index (χ0n) is 17.3. The third-order valence-electron chi connectivity index (χ3n) is 4.46. The minimum absolute atomic E-state index is 0.0769. The maximum atomic E-state index is 14.0. The van der Waals surface area contributed by atoms with Crippen LogP contribution in [0.3, 0.4) is 0 Å². The van der Waals surface area contributed by atoms with Gasteiger partial charge < -0.3 is 0 Å². The Bertz CT molecular complexity index is 1420. The van der Waals surface area contributed by atoms with E-state index in [1.165, 1.54) is 29.8 Å². The zero-order chi connectivity index (χ0) is 23.8. The van der Waals surface area contributed by atoms with E-state index < -0.39 is 26.6 Å². The fourth-order valence-corrected chi connectivity index (χ4v) is 5.32. The number of hydrogen-bond donors (Lipinski definition) is 1. The molecule has 1 N–H and O–H groups in total. The van der Waals surface area contributed by atoms with Gasteiger partial charge in [0.1, 0.15) is 17.5 Å². The van der Waals surface area contributed by atoms with Gasteiger partial charge in [-0.1, -0.05) is 19.9 Å². The second-order valence-electron chi connectivity index (χ2n) is 7.18. The van der Waals surface area contributed by atoms with Gasteiger partial charge in [0.05, 0.1) is 21.3 Å². The Hall–Kier alpha value is -3.02. The molecule has 0 spiro atoms. The number of benzene rings is 1. The van der Waals surface area contributed by atoms with Crippen LogP contribution in [0.5, 0.6) is 0 Å². The number of aromatic nitrogens is 4. The standard InChI is InChI=1S/C21H16ClF2N5O2S2/c1-11(2)20-28-17(18(32-20)15-7-9-26-21(22)27-15)12-6-8-25-16(10-12)29-33(30,31)19-13(23)4-3-5-14(19)24/h3-11H,1-2H3,(H,25,29). The first kappa shape index (κ1) is 23.1. The zero-order valence-corrected chi connectivity index (χ0v) is 19.6. The first-order valence-electron chi connectivity index (χ1n) is 9.58. The average molecular weight is 508 g/mol. The molecule has 33 heavy (non-hydrogen) atoms. The van der Waals surface area contributed by atoms with E-state index in [9.17, 15) is 17.2 Å². The molecule has 3 heterocycles. The monoisotopic (exact) mass is 507 g/mol. The Balaban J connectivity index is 1.77. The fraction of sp³-hybridized carbons (Fsp3) is 0.143. The smallest absolute Gasteiger partial charge is 0.263 e. The number of pyridine rings is 1. The van der Waals surface area contributed by atoms with Gasteiger partial charge in [0.2, 0.25) is 5.28 Å². The van der Waals surface area contributed by atoms with E-state index >= 15 is 0 Å². The summed E-state index contributed by atoms with van der Waals surface area (Å²) in [6, 6.07) is 7.58. The molecule has 0 atom stereocenters. The highest BCUT2D eigenvalue weighted by Crippen LogP contribution is 2.39. The van der Waals surface area contributed by atoms with Crippen LogP contribution in [-0.4, -0.2) is 28.4 Å². The first-order chi connectivity index (χ1) is 15.7. The van der Waals surface area contributed by atoms with Crippen LogP contribution in [0.1, 0.15) is 24.8 Å². The number of anilines is 1. The van der Waals surface area contributed by atoms with Crippen molar-refractivity contribution in [2.24, 2.45) is 0 Å². The van der Waals surface area contributed by atoms with Crippen molar-refractivity contribution in [2.45, 2.75) is 24.7 Å². The van der Waals surface area contributed by atoms with Crippen molar-refractivity contribution >= 4 is 38.8 Å². The molecule has 12 heteroatoms. The number of hydrogen-bond acceptors (Lipinski definition) is 7. The number of rotatable bonds is 6. The van der Waals surface area contributed by atoms with E-state index in [0.717, 1.165) is 23.2 Å². The van der Waals surface area contributed by atoms with E-state index in [1.807, 2.05) is 13.8 Å². The molecule has 7 nitrogen and oxygen atoms in total. The van der Waals surface area contributed by atoms with Gasteiger partial charge >= 0.3 is 0 Å². The molecule has 0 bridgehead atoms. The lowest BCUT2D eigenvalue weighted by Gasteiger charge is -2.10. The second-order valence-corrected chi connectivity index (χ2v) is 10.2. The molecule has 0 unspecified atom stereocenters. The fourth-order valence-electron chi connectivity index (χ4n) is 2.98. The normalized spacial score (nSPS) is 11.7. The molecule has 0 amide bonds. The third kappa shape index (κ3) is 4.85. The highest BCUT2D eigenvalue weighted by molar-refractivity contribution is 7.92. The summed E-state index contributed by atoms with van der Waals surface area (Å²) in [5.74, 6) is -2.41. The van der Waals surface area contributed by atoms with Crippen LogP contribution in [0.25, 0.3) is 21.8 Å². The van der Waals surface area contributed by atoms with Crippen LogP contribution in [-0.2, 0) is 10.0 Å². The van der Waals surface area contributed by atoms with Crippen molar-refractivity contribution in [1.82, 2.24) is 19.9 Å². The van der Waals surface area contributed by atoms with Crippen molar-refractivity contribution in [3.63, 3.8) is 0 Å². The Kier molecular flexibility index (Phi) is 6.37. The largest absolute Gasteiger partial charge is 0.268 e. The molecule has 0 aliphatic rings. The van der Waals surface area contributed by atoms with Crippen molar-refractivity contribution < 1.29 is 17.2 Å². The average Bonchev–Trinajstić information content (AvgIpc) is 3.19. The molecular weight excluding hydrogens is 492 g/mol. The van der Waals surface area contributed by atoms with E-state index in [4.69, 9.17) is 16.6 Å². The molecule has 0 saturated heterocycles. The molecule has 1 aromatic carbocycles. The summed E-state index contributed by atoms with van der Waals surface area (Å²) in [6.07, 6.45) is 2.90. The van der Waals surface area contributed by atoms with E-state index in [2.05, 4.69) is 19.7 Å². The number of halogens is 3. The molecule has 4 aromatic rings. The molecule has 0 radical (unpaired) electrons. The predicted octanol–water partition coefficient (Wildman–Crippen LogP) is 5.52. The number of nitrogens with one attached hydrogen (secondary N) is 1. The van der Waals surface area contributed by atoms with Crippen LogP contribution in [0.15, 0.2) is 53.7 Å². The van der Waals surface area contributed by atoms with Gasteiger partial charge in [0.25, 0.3) is 10.0 Å². The van der Waals surface area contributed by atoms with Gasteiger partial charge in [-0.15, -0.1) is 11.3 Å². The van der Waals surface area contributed by atoms with E-state index in [1.54, 1.807) is 12.1 Å². The molecular formula is C21H16ClF2N5O2S2. The number of thiazole rings is 1. The Morgan fingerprint density at radius 3 is 2.39 bits per heavy atom. The highest BCUT2D eigenvalue weighted by atomic mass is 35.5. The van der Waals surface area contributed by atoms with Crippen LogP contribution >= 0.6 is 22.9 Å². The van der Waals surface area contributed by atoms with Gasteiger partial charge in [-0.05, 0) is 41.9 Å². The Morgan fingerprint density at radius 2 is 1.73 bits per heavy atom. The van der Waals surface area contributed by atoms with Crippen molar-refractivity contribution in [1.29, 1.82) is 0 Å². The molecule has 0 aliphatic carbocycles. The summed E-state index contributed by atoms with van der Waals surface area (Å²) in [7, 11) is -4.57. The first-order valence-corrected chi connectivity index (χ1v) is 12.3. The molecule has 3 aromatic heterocycles. The van der Waals surface area contributed by atoms with Crippen molar-refractivity contribution in [3.8, 4) is 21.8 Å². The highest BCUT2D eigenvalue weighted by Gasteiger charge is 2.25. The van der Waals surface area contributed by atoms with E-state index in [-0.39, 0.29) is 17.0 Å². The Morgan fingerprint density at radius 1 is 1.03 bits per heavy atom. The molecule has 0 saturated carbocycles. The van der Waals surface area contributed by atoms with Crippen LogP contribution in [0, 0.1) is 11.6 Å². The molecule has 170 valence electrons. The lowest BCUT2D eigenvalue weighted by Crippen LogP contribution is -2.17. The Labute approximate surface area is 197 Å². The third-order valence-corrected chi connectivity index (χ3v) is 7.42. The van der Waals surface area contributed by atoms with Crippen LogP contribution in [0.2, 0.25) is 5.28 Å². The second kappa shape index (κ2) is 9.08. The summed E-state index contributed by atoms with van der Waals surface area (Å²) < 4.78 is 55.5. The van der Waals surface area contributed by atoms with Gasteiger partial charge in [-0.2, -0.15) is 0 Å². The van der Waals surface area contributed by atoms with E-state index in [0.29, 0.717) is 21.8 Å². The van der Waals surface area contributed by atoms with Crippen LogP contribution < -0.4 is 4.72 Å². The molecule has 4 rings (SSSR count). The lowest BCUT2D eigenvalue weighted by molar-refractivity contribution is 0.521. The molecule has 0 aliphatic heterocycles. The summed E-state index contributed by atoms with van der Waals surface area (Å²) in [5.41, 5.74) is 1.63. The summed E-state index contributed by atoms with van der Waals surface area (Å²) in [5, 5.41) is 0.912. The van der Waals surface area contributed by atoms with Gasteiger partial charge in [-0.25, -0.2) is 37.1 Å². The number of sulfonamides is 1. The van der Waals surface area contributed by atoms with Gasteiger partial charge in [0, 0.05) is 23.9 Å². The summed E-state index contributed by atoms with van der Waals surface area (Å²) in [6.45, 7) is 3.99. The van der Waals surface area contributed by atoms with Gasteiger partial charge in [0.15, 0.2) is 4.90 Å². The number of nitrogens with zero attached hydrogens (tertiary/aromatic N) is 4. The van der Waals surface area contributed by atoms with Crippen molar-refractivity contribution in [2.75, 3.05) is 4.72 Å². The maximum absolute atomic E-state index is 14.0. The summed E-state index contributed by atoms with van der Waals surface area (Å²) in [4.78, 5) is 16.5. The van der Waals surface area contributed by atoms with Crippen LogP contribution in [0.4, 0.5) is 14.6 Å². The lowest BCUT2D eigenvalue weighted by atomic mass is 10.1. The minimum Gasteiger partial charge on any atom is -0.263 e. The predicted molar refractivity (Wildman–Crippen MR) is 123 cm³/mol. The summed E-state index contributed by atoms with van der Waals surface area (Å²) >= 11 is 7.38. The van der Waals surface area contributed by atoms with Crippen molar-refractivity contribution in [3.05, 3.63) is 70.7 Å². The van der Waals surface area contributed by atoms with Gasteiger partial charge in [-0.3, -0.25) is 4.72 Å². The molecule has 0 fully saturated rings. The minimum atomic E-state index is -4.57. The SMILES string of the molecule is CC(C)c1nc(-c2ccnc(NS(=O)(=O)c3c(F)cccc3F)c2)c(-c2ccnc(Cl)n2)s1. The topological polar surface area (TPSA) is 97.7 Å². The maximum Gasteiger partial charge on any atom is 0.268 e.